The molecule has 2 heterocycles. The van der Waals surface area contributed by atoms with Crippen molar-refractivity contribution in [3.8, 4) is 0 Å². The first-order valence-corrected chi connectivity index (χ1v) is 10.8. The Kier molecular flexibility index (Phi) is 5.21. The number of likely N-dealkylation sites (tertiary alicyclic amines) is 1. The smallest absolute Gasteiger partial charge is 0.307 e. The molecule has 2 amide bonds. The minimum Gasteiger partial charge on any atom is -0.481 e. The lowest BCUT2D eigenvalue weighted by Crippen LogP contribution is -2.49. The number of thiophene rings is 1. The number of hydrogen-bond acceptors (Lipinski definition) is 4. The second kappa shape index (κ2) is 7.62. The number of hydrogen-bond donors (Lipinski definition) is 2. The van der Waals surface area contributed by atoms with E-state index in [1.54, 1.807) is 6.07 Å². The topological polar surface area (TPSA) is 86.7 Å². The van der Waals surface area contributed by atoms with Crippen LogP contribution in [0.4, 0.5) is 5.00 Å². The van der Waals surface area contributed by atoms with Gasteiger partial charge in [0.25, 0.3) is 5.91 Å². The van der Waals surface area contributed by atoms with Crippen molar-refractivity contribution in [2.45, 2.75) is 44.9 Å². The molecule has 0 unspecified atom stereocenters. The Morgan fingerprint density at radius 3 is 2.26 bits per heavy atom. The van der Waals surface area contributed by atoms with Gasteiger partial charge in [-0.05, 0) is 68.2 Å². The maximum atomic E-state index is 13.0. The Balaban J connectivity index is 1.51. The van der Waals surface area contributed by atoms with Crippen LogP contribution in [0.1, 0.15) is 55.3 Å². The average molecular weight is 391 g/mol. The van der Waals surface area contributed by atoms with E-state index >= 15 is 0 Å². The standard InChI is InChI=1S/C20H26N2O4S/c23-17(15-12-4-6-13(7-5-12)16(15)20(25)26)21-18-14(8-11-27-18)19(24)22-9-2-1-3-10-22/h8,11-13,15-16H,1-7,9-10H2,(H,21,23)(H,25,26)/t12?,13?,15-,16+/m0/s1. The number of carboxylic acid groups (broad SMARTS) is 1. The number of carbonyl (C=O) groups is 3. The molecule has 0 radical (unpaired) electrons. The van der Waals surface area contributed by atoms with Crippen LogP contribution in [-0.4, -0.2) is 40.9 Å². The summed E-state index contributed by atoms with van der Waals surface area (Å²) in [5.74, 6) is -1.98. The minimum absolute atomic E-state index is 0.0359. The van der Waals surface area contributed by atoms with Crippen LogP contribution in [-0.2, 0) is 9.59 Å². The van der Waals surface area contributed by atoms with Crippen LogP contribution >= 0.6 is 11.3 Å². The number of carbonyl (C=O) groups excluding carboxylic acids is 2. The summed E-state index contributed by atoms with van der Waals surface area (Å²) in [6.07, 6.45) is 6.85. The molecule has 4 aliphatic rings. The van der Waals surface area contributed by atoms with Crippen LogP contribution in [0.3, 0.4) is 0 Å². The van der Waals surface area contributed by atoms with E-state index in [-0.39, 0.29) is 23.7 Å². The highest BCUT2D eigenvalue weighted by atomic mass is 32.1. The molecule has 1 aromatic rings. The molecule has 7 heteroatoms. The van der Waals surface area contributed by atoms with Gasteiger partial charge in [0.15, 0.2) is 0 Å². The molecule has 2 N–H and O–H groups in total. The Bertz CT molecular complexity index is 732. The van der Waals surface area contributed by atoms with Crippen molar-refractivity contribution in [2.75, 3.05) is 18.4 Å². The molecule has 1 aromatic heterocycles. The zero-order valence-corrected chi connectivity index (χ0v) is 16.2. The van der Waals surface area contributed by atoms with E-state index in [0.717, 1.165) is 58.0 Å². The summed E-state index contributed by atoms with van der Waals surface area (Å²) in [7, 11) is 0. The van der Waals surface area contributed by atoms with Gasteiger partial charge in [-0.1, -0.05) is 0 Å². The molecular formula is C20H26N2O4S. The summed E-state index contributed by atoms with van der Waals surface area (Å²) in [4.78, 5) is 39.5. The third-order valence-electron chi connectivity index (χ3n) is 6.58. The lowest BCUT2D eigenvalue weighted by Gasteiger charge is -2.45. The van der Waals surface area contributed by atoms with Gasteiger partial charge in [-0.25, -0.2) is 0 Å². The van der Waals surface area contributed by atoms with Crippen LogP contribution < -0.4 is 5.32 Å². The van der Waals surface area contributed by atoms with Crippen LogP contribution in [0.5, 0.6) is 0 Å². The van der Waals surface area contributed by atoms with Crippen molar-refractivity contribution in [3.05, 3.63) is 17.0 Å². The Morgan fingerprint density at radius 1 is 1.00 bits per heavy atom. The summed E-state index contributed by atoms with van der Waals surface area (Å²) in [5, 5.41) is 15.0. The number of anilines is 1. The number of fused-ring (bicyclic) bond motifs is 3. The normalized spacial score (nSPS) is 30.1. The fourth-order valence-corrected chi connectivity index (χ4v) is 6.00. The predicted molar refractivity (Wildman–Crippen MR) is 103 cm³/mol. The van der Waals surface area contributed by atoms with E-state index in [0.29, 0.717) is 10.6 Å². The molecule has 2 atom stereocenters. The zero-order chi connectivity index (χ0) is 19.0. The quantitative estimate of drug-likeness (QED) is 0.824. The average Bonchev–Trinajstić information content (AvgIpc) is 3.16. The highest BCUT2D eigenvalue weighted by molar-refractivity contribution is 7.14. The monoisotopic (exact) mass is 390 g/mol. The van der Waals surface area contributed by atoms with E-state index in [2.05, 4.69) is 5.32 Å². The lowest BCUT2D eigenvalue weighted by atomic mass is 9.58. The van der Waals surface area contributed by atoms with Gasteiger partial charge in [0.1, 0.15) is 5.00 Å². The third kappa shape index (κ3) is 3.49. The summed E-state index contributed by atoms with van der Waals surface area (Å²) >= 11 is 1.34. The van der Waals surface area contributed by atoms with E-state index < -0.39 is 17.8 Å². The molecule has 0 aromatic carbocycles. The molecule has 146 valence electrons. The first-order valence-electron chi connectivity index (χ1n) is 9.96. The van der Waals surface area contributed by atoms with Crippen molar-refractivity contribution < 1.29 is 19.5 Å². The zero-order valence-electron chi connectivity index (χ0n) is 15.4. The summed E-state index contributed by atoms with van der Waals surface area (Å²) in [6.45, 7) is 1.52. The molecule has 6 nitrogen and oxygen atoms in total. The first kappa shape index (κ1) is 18.5. The largest absolute Gasteiger partial charge is 0.481 e. The minimum atomic E-state index is -0.861. The molecule has 27 heavy (non-hydrogen) atoms. The van der Waals surface area contributed by atoms with Gasteiger partial charge < -0.3 is 15.3 Å². The van der Waals surface area contributed by atoms with Crippen LogP contribution in [0.25, 0.3) is 0 Å². The highest BCUT2D eigenvalue weighted by Crippen LogP contribution is 2.49. The number of piperidine rings is 1. The van der Waals surface area contributed by atoms with E-state index in [1.807, 2.05) is 10.3 Å². The molecule has 3 saturated carbocycles. The predicted octanol–water partition coefficient (Wildman–Crippen LogP) is 3.45. The second-order valence-corrected chi connectivity index (χ2v) is 8.99. The van der Waals surface area contributed by atoms with Crippen molar-refractivity contribution in [2.24, 2.45) is 23.7 Å². The van der Waals surface area contributed by atoms with Crippen LogP contribution in [0.15, 0.2) is 11.4 Å². The first-order chi connectivity index (χ1) is 13.1. The number of nitrogens with one attached hydrogen (secondary N) is 1. The highest BCUT2D eigenvalue weighted by Gasteiger charge is 2.50. The molecule has 3 aliphatic carbocycles. The molecule has 5 rings (SSSR count). The maximum absolute atomic E-state index is 13.0. The maximum Gasteiger partial charge on any atom is 0.307 e. The third-order valence-corrected chi connectivity index (χ3v) is 7.41. The Hall–Kier alpha value is -1.89. The van der Waals surface area contributed by atoms with Gasteiger partial charge in [-0.15, -0.1) is 11.3 Å². The number of carboxylic acids is 1. The molecule has 0 spiro atoms. The molecule has 1 aliphatic heterocycles. The van der Waals surface area contributed by atoms with Crippen LogP contribution in [0.2, 0.25) is 0 Å². The van der Waals surface area contributed by atoms with Gasteiger partial charge in [0.2, 0.25) is 5.91 Å². The molecular weight excluding hydrogens is 364 g/mol. The van der Waals surface area contributed by atoms with Gasteiger partial charge in [0, 0.05) is 13.1 Å². The molecule has 4 fully saturated rings. The number of amides is 2. The van der Waals surface area contributed by atoms with E-state index in [1.165, 1.54) is 11.3 Å². The molecule has 1 saturated heterocycles. The van der Waals surface area contributed by atoms with Crippen LogP contribution in [0, 0.1) is 23.7 Å². The Morgan fingerprint density at radius 2 is 1.63 bits per heavy atom. The molecule has 2 bridgehead atoms. The van der Waals surface area contributed by atoms with Crippen molar-refractivity contribution >= 4 is 34.1 Å². The van der Waals surface area contributed by atoms with Crippen molar-refractivity contribution in [3.63, 3.8) is 0 Å². The number of aliphatic carboxylic acids is 1. The summed E-state index contributed by atoms with van der Waals surface area (Å²) in [5.41, 5.74) is 0.531. The van der Waals surface area contributed by atoms with Crippen molar-refractivity contribution in [1.29, 1.82) is 0 Å². The van der Waals surface area contributed by atoms with E-state index in [4.69, 9.17) is 0 Å². The van der Waals surface area contributed by atoms with Gasteiger partial charge in [-0.2, -0.15) is 0 Å². The summed E-state index contributed by atoms with van der Waals surface area (Å²) < 4.78 is 0. The van der Waals surface area contributed by atoms with Gasteiger partial charge in [-0.3, -0.25) is 14.4 Å². The van der Waals surface area contributed by atoms with E-state index in [9.17, 15) is 19.5 Å². The SMILES string of the molecule is O=C(O)[C@@H]1C2CCC(CC2)[C@@H]1C(=O)Nc1sccc1C(=O)N1CCCCC1. The Labute approximate surface area is 162 Å². The fourth-order valence-electron chi connectivity index (χ4n) is 5.22. The van der Waals surface area contributed by atoms with Gasteiger partial charge >= 0.3 is 5.97 Å². The lowest BCUT2D eigenvalue weighted by molar-refractivity contribution is -0.156. The van der Waals surface area contributed by atoms with Crippen molar-refractivity contribution in [1.82, 2.24) is 4.90 Å². The summed E-state index contributed by atoms with van der Waals surface area (Å²) in [6, 6.07) is 1.76. The number of nitrogens with zero attached hydrogens (tertiary/aromatic N) is 1. The van der Waals surface area contributed by atoms with Gasteiger partial charge in [0.05, 0.1) is 17.4 Å². The second-order valence-electron chi connectivity index (χ2n) is 8.07. The number of rotatable bonds is 4. The fraction of sp³-hybridized carbons (Fsp3) is 0.650.